The van der Waals surface area contributed by atoms with E-state index in [-0.39, 0.29) is 0 Å². The van der Waals surface area contributed by atoms with Gasteiger partial charge in [0.25, 0.3) is 0 Å². The van der Waals surface area contributed by atoms with Gasteiger partial charge in [-0.1, -0.05) is 17.7 Å². The Kier molecular flexibility index (Phi) is 2.66. The van der Waals surface area contributed by atoms with Gasteiger partial charge in [0.15, 0.2) is 0 Å². The summed E-state index contributed by atoms with van der Waals surface area (Å²) in [4.78, 5) is 2.26. The molecular formula is C11H15ClN2. The van der Waals surface area contributed by atoms with Gasteiger partial charge >= 0.3 is 0 Å². The van der Waals surface area contributed by atoms with Crippen LogP contribution in [0.4, 0.5) is 5.69 Å². The molecule has 0 radical (unpaired) electrons. The van der Waals surface area contributed by atoms with E-state index in [1.807, 2.05) is 13.0 Å². The summed E-state index contributed by atoms with van der Waals surface area (Å²) >= 11 is 6.17. The van der Waals surface area contributed by atoms with Crippen LogP contribution < -0.4 is 10.6 Å². The van der Waals surface area contributed by atoms with E-state index in [9.17, 15) is 0 Å². The van der Waals surface area contributed by atoms with Crippen LogP contribution in [0.2, 0.25) is 5.02 Å². The van der Waals surface area contributed by atoms with Gasteiger partial charge in [0, 0.05) is 19.1 Å². The van der Waals surface area contributed by atoms with Crippen molar-refractivity contribution in [3.63, 3.8) is 0 Å². The second-order valence-corrected chi connectivity index (χ2v) is 4.36. The van der Waals surface area contributed by atoms with Crippen LogP contribution in [0.25, 0.3) is 0 Å². The van der Waals surface area contributed by atoms with E-state index in [4.69, 9.17) is 17.3 Å². The monoisotopic (exact) mass is 210 g/mol. The number of nitrogens with zero attached hydrogens (tertiary/aromatic N) is 1. The van der Waals surface area contributed by atoms with Crippen molar-refractivity contribution in [3.05, 3.63) is 28.8 Å². The maximum atomic E-state index is 6.17. The summed E-state index contributed by atoms with van der Waals surface area (Å²) in [5.74, 6) is 0. The van der Waals surface area contributed by atoms with Crippen molar-refractivity contribution in [1.82, 2.24) is 0 Å². The molecule has 14 heavy (non-hydrogen) atoms. The number of benzene rings is 1. The molecule has 0 spiro atoms. The summed E-state index contributed by atoms with van der Waals surface area (Å²) in [5.41, 5.74) is 8.17. The highest BCUT2D eigenvalue weighted by molar-refractivity contribution is 6.33. The minimum Gasteiger partial charge on any atom is -0.369 e. The number of halogens is 1. The number of anilines is 1. The van der Waals surface area contributed by atoms with Gasteiger partial charge in [-0.3, -0.25) is 0 Å². The van der Waals surface area contributed by atoms with Gasteiger partial charge in [0.2, 0.25) is 0 Å². The zero-order valence-corrected chi connectivity index (χ0v) is 9.09. The molecule has 0 amide bonds. The zero-order valence-electron chi connectivity index (χ0n) is 8.33. The fourth-order valence-electron chi connectivity index (χ4n) is 1.87. The predicted octanol–water partition coefficient (Wildman–Crippen LogP) is 2.19. The van der Waals surface area contributed by atoms with Gasteiger partial charge in [-0.25, -0.2) is 0 Å². The fraction of sp³-hybridized carbons (Fsp3) is 0.455. The Morgan fingerprint density at radius 2 is 2.29 bits per heavy atom. The molecule has 0 aliphatic carbocycles. The molecule has 1 aromatic carbocycles. The largest absolute Gasteiger partial charge is 0.369 e. The minimum absolute atomic E-state index is 0.298. The third-order valence-corrected chi connectivity index (χ3v) is 2.97. The van der Waals surface area contributed by atoms with Gasteiger partial charge in [0.05, 0.1) is 10.7 Å². The molecule has 0 aromatic heterocycles. The van der Waals surface area contributed by atoms with Gasteiger partial charge in [-0.05, 0) is 31.0 Å². The van der Waals surface area contributed by atoms with Crippen LogP contribution in [0.5, 0.6) is 0 Å². The standard InChI is InChI=1S/C11H15ClN2/c1-8-2-3-11(10(12)6-8)14-5-4-9(13)7-14/h2-3,6,9H,4-5,7,13H2,1H3. The Labute approximate surface area is 89.7 Å². The molecule has 1 heterocycles. The van der Waals surface area contributed by atoms with Crippen molar-refractivity contribution in [2.24, 2.45) is 5.73 Å². The second-order valence-electron chi connectivity index (χ2n) is 3.95. The predicted molar refractivity (Wildman–Crippen MR) is 61.0 cm³/mol. The lowest BCUT2D eigenvalue weighted by Crippen LogP contribution is -2.26. The van der Waals surface area contributed by atoms with Crippen molar-refractivity contribution in [3.8, 4) is 0 Å². The van der Waals surface area contributed by atoms with Crippen LogP contribution in [0.1, 0.15) is 12.0 Å². The highest BCUT2D eigenvalue weighted by atomic mass is 35.5. The minimum atomic E-state index is 0.298. The highest BCUT2D eigenvalue weighted by Gasteiger charge is 2.20. The van der Waals surface area contributed by atoms with E-state index >= 15 is 0 Å². The summed E-state index contributed by atoms with van der Waals surface area (Å²) in [7, 11) is 0. The Hall–Kier alpha value is -0.730. The van der Waals surface area contributed by atoms with E-state index < -0.39 is 0 Å². The van der Waals surface area contributed by atoms with Crippen molar-refractivity contribution < 1.29 is 0 Å². The first-order chi connectivity index (χ1) is 6.66. The molecule has 1 unspecified atom stereocenters. The molecule has 2 rings (SSSR count). The first-order valence-corrected chi connectivity index (χ1v) is 5.31. The van der Waals surface area contributed by atoms with E-state index in [1.165, 1.54) is 5.56 Å². The second kappa shape index (κ2) is 3.79. The summed E-state index contributed by atoms with van der Waals surface area (Å²) in [6, 6.07) is 6.47. The maximum absolute atomic E-state index is 6.17. The average Bonchev–Trinajstić information content (AvgIpc) is 2.51. The molecule has 0 bridgehead atoms. The van der Waals surface area contributed by atoms with Gasteiger partial charge in [-0.2, -0.15) is 0 Å². The molecule has 3 heteroatoms. The summed E-state index contributed by atoms with van der Waals surface area (Å²) in [6.45, 7) is 3.98. The first-order valence-electron chi connectivity index (χ1n) is 4.93. The Balaban J connectivity index is 2.24. The molecule has 1 atom stereocenters. The van der Waals surface area contributed by atoms with Crippen molar-refractivity contribution in [1.29, 1.82) is 0 Å². The van der Waals surface area contributed by atoms with Gasteiger partial charge < -0.3 is 10.6 Å². The molecule has 76 valence electrons. The van der Waals surface area contributed by atoms with Crippen LogP contribution in [0, 0.1) is 6.92 Å². The average molecular weight is 211 g/mol. The Morgan fingerprint density at radius 3 is 2.86 bits per heavy atom. The lowest BCUT2D eigenvalue weighted by atomic mass is 10.2. The molecule has 2 N–H and O–H groups in total. The zero-order chi connectivity index (χ0) is 10.1. The molecule has 2 nitrogen and oxygen atoms in total. The lowest BCUT2D eigenvalue weighted by molar-refractivity contribution is 0.752. The molecular weight excluding hydrogens is 196 g/mol. The molecule has 1 aliphatic heterocycles. The summed E-state index contributed by atoms with van der Waals surface area (Å²) in [5, 5.41) is 0.833. The number of nitrogens with two attached hydrogens (primary N) is 1. The van der Waals surface area contributed by atoms with E-state index in [0.717, 1.165) is 30.2 Å². The summed E-state index contributed by atoms with van der Waals surface area (Å²) < 4.78 is 0. The van der Waals surface area contributed by atoms with Crippen molar-refractivity contribution in [2.45, 2.75) is 19.4 Å². The van der Waals surface area contributed by atoms with Gasteiger partial charge in [0.1, 0.15) is 0 Å². The lowest BCUT2D eigenvalue weighted by Gasteiger charge is -2.19. The first kappa shape index (κ1) is 9.81. The third kappa shape index (κ3) is 1.86. The Bertz CT molecular complexity index is 338. The van der Waals surface area contributed by atoms with Gasteiger partial charge in [-0.15, -0.1) is 0 Å². The maximum Gasteiger partial charge on any atom is 0.0642 e. The molecule has 0 saturated carbocycles. The summed E-state index contributed by atoms with van der Waals surface area (Å²) in [6.07, 6.45) is 1.06. The van der Waals surface area contributed by atoms with Crippen molar-refractivity contribution in [2.75, 3.05) is 18.0 Å². The number of aryl methyl sites for hydroxylation is 1. The fourth-order valence-corrected chi connectivity index (χ4v) is 2.23. The number of rotatable bonds is 1. The molecule has 1 aliphatic rings. The van der Waals surface area contributed by atoms with Crippen LogP contribution in [-0.2, 0) is 0 Å². The number of hydrogen-bond acceptors (Lipinski definition) is 2. The molecule has 1 saturated heterocycles. The van der Waals surface area contributed by atoms with E-state index in [0.29, 0.717) is 6.04 Å². The highest BCUT2D eigenvalue weighted by Crippen LogP contribution is 2.28. The van der Waals surface area contributed by atoms with E-state index in [2.05, 4.69) is 17.0 Å². The molecule has 1 aromatic rings. The quantitative estimate of drug-likeness (QED) is 0.770. The van der Waals surface area contributed by atoms with Crippen LogP contribution in [0.15, 0.2) is 18.2 Å². The van der Waals surface area contributed by atoms with E-state index in [1.54, 1.807) is 0 Å². The Morgan fingerprint density at radius 1 is 1.50 bits per heavy atom. The topological polar surface area (TPSA) is 29.3 Å². The third-order valence-electron chi connectivity index (χ3n) is 2.67. The number of hydrogen-bond donors (Lipinski definition) is 1. The van der Waals surface area contributed by atoms with Crippen LogP contribution in [-0.4, -0.2) is 19.1 Å². The van der Waals surface area contributed by atoms with Crippen LogP contribution in [0.3, 0.4) is 0 Å². The van der Waals surface area contributed by atoms with Crippen molar-refractivity contribution >= 4 is 17.3 Å². The normalized spacial score (nSPS) is 21.6. The molecule has 1 fully saturated rings. The SMILES string of the molecule is Cc1ccc(N2CCC(N)C2)c(Cl)c1. The van der Waals surface area contributed by atoms with Crippen LogP contribution >= 0.6 is 11.6 Å². The smallest absolute Gasteiger partial charge is 0.0642 e.